The normalized spacial score (nSPS) is 44.8. The molecule has 0 saturated heterocycles. The van der Waals surface area contributed by atoms with Crippen LogP contribution in [0.15, 0.2) is 11.6 Å². The van der Waals surface area contributed by atoms with E-state index in [2.05, 4.69) is 19.9 Å². The zero-order valence-corrected chi connectivity index (χ0v) is 17.3. The quantitative estimate of drug-likeness (QED) is 0.592. The van der Waals surface area contributed by atoms with Crippen LogP contribution in [-0.2, 0) is 19.1 Å². The number of carbonyl (C=O) groups is 3. The van der Waals surface area contributed by atoms with E-state index in [4.69, 9.17) is 4.74 Å². The smallest absolute Gasteiger partial charge is 0.303 e. The summed E-state index contributed by atoms with van der Waals surface area (Å²) in [5, 5.41) is 11.4. The molecule has 1 N–H and O–H groups in total. The summed E-state index contributed by atoms with van der Waals surface area (Å²) < 4.78 is 4.92. The van der Waals surface area contributed by atoms with Crippen molar-refractivity contribution >= 4 is 17.5 Å². The van der Waals surface area contributed by atoms with Gasteiger partial charge in [0.1, 0.15) is 11.4 Å². The lowest BCUT2D eigenvalue weighted by atomic mass is 9.47. The summed E-state index contributed by atoms with van der Waals surface area (Å²) in [7, 11) is 0. The molecule has 0 aromatic heterocycles. The van der Waals surface area contributed by atoms with Gasteiger partial charge < -0.3 is 9.84 Å². The molecule has 0 bridgehead atoms. The van der Waals surface area contributed by atoms with Crippen LogP contribution in [0.5, 0.6) is 0 Å². The molecule has 0 spiro atoms. The Morgan fingerprint density at radius 2 is 1.89 bits per heavy atom. The number of aliphatic hydroxyl groups is 1. The second-order valence-corrected chi connectivity index (χ2v) is 10.0. The van der Waals surface area contributed by atoms with Crippen molar-refractivity contribution in [1.29, 1.82) is 0 Å². The fraction of sp³-hybridized carbons (Fsp3) is 0.783. The molecular formula is C23H32O5. The third kappa shape index (κ3) is 2.65. The molecule has 0 aliphatic heterocycles. The maximum atomic E-state index is 12.8. The number of fused-ring (bicyclic) bond motifs is 5. The molecule has 5 nitrogen and oxygen atoms in total. The third-order valence-electron chi connectivity index (χ3n) is 8.96. The second-order valence-electron chi connectivity index (χ2n) is 10.0. The number of Topliss-reactive ketones (excluding diaryl/α,β-unsaturated/α-hetero) is 2. The highest BCUT2D eigenvalue weighted by Gasteiger charge is 2.66. The summed E-state index contributed by atoms with van der Waals surface area (Å²) in [6.07, 6.45) is 8.50. The molecule has 4 aliphatic carbocycles. The van der Waals surface area contributed by atoms with Crippen LogP contribution in [0.1, 0.15) is 72.1 Å². The van der Waals surface area contributed by atoms with E-state index in [1.54, 1.807) is 0 Å². The van der Waals surface area contributed by atoms with Crippen LogP contribution in [0.3, 0.4) is 0 Å². The lowest BCUT2D eigenvalue weighted by molar-refractivity contribution is -0.168. The van der Waals surface area contributed by atoms with Crippen LogP contribution >= 0.6 is 0 Å². The van der Waals surface area contributed by atoms with Crippen LogP contribution in [0, 0.1) is 28.6 Å². The van der Waals surface area contributed by atoms with Crippen molar-refractivity contribution in [3.05, 3.63) is 11.6 Å². The molecule has 3 fully saturated rings. The van der Waals surface area contributed by atoms with Crippen LogP contribution in [0.25, 0.3) is 0 Å². The SMILES string of the molecule is CC(=O)OCC(=O)[C@@]1(O)CC[C@H]2[C@@H]3CC=C4CC(=O)CC[C@]4(C)[C@H]3CC[C@@]21C. The number of esters is 1. The largest absolute Gasteiger partial charge is 0.458 e. The van der Waals surface area contributed by atoms with Crippen molar-refractivity contribution in [3.63, 3.8) is 0 Å². The predicted octanol–water partition coefficient (Wildman–Crippen LogP) is 3.38. The van der Waals surface area contributed by atoms with E-state index in [9.17, 15) is 19.5 Å². The number of hydrogen-bond acceptors (Lipinski definition) is 5. The molecule has 0 heterocycles. The van der Waals surface area contributed by atoms with Gasteiger partial charge in [-0.15, -0.1) is 0 Å². The van der Waals surface area contributed by atoms with E-state index in [1.807, 2.05) is 0 Å². The van der Waals surface area contributed by atoms with Crippen molar-refractivity contribution in [2.24, 2.45) is 28.6 Å². The Bertz CT molecular complexity index is 754. The Kier molecular flexibility index (Phi) is 4.61. The fourth-order valence-corrected chi connectivity index (χ4v) is 7.24. The van der Waals surface area contributed by atoms with E-state index < -0.39 is 17.0 Å². The van der Waals surface area contributed by atoms with Gasteiger partial charge in [0.05, 0.1) is 0 Å². The number of rotatable bonds is 3. The summed E-state index contributed by atoms with van der Waals surface area (Å²) in [5.74, 6) is 0.748. The number of hydrogen-bond donors (Lipinski definition) is 1. The number of ether oxygens (including phenoxy) is 1. The van der Waals surface area contributed by atoms with Crippen LogP contribution in [0.2, 0.25) is 0 Å². The average molecular weight is 389 g/mol. The Morgan fingerprint density at radius 3 is 2.61 bits per heavy atom. The van der Waals surface area contributed by atoms with Gasteiger partial charge in [-0.1, -0.05) is 25.5 Å². The number of ketones is 2. The van der Waals surface area contributed by atoms with E-state index in [0.29, 0.717) is 36.9 Å². The zero-order valence-electron chi connectivity index (χ0n) is 17.3. The van der Waals surface area contributed by atoms with Gasteiger partial charge >= 0.3 is 5.97 Å². The van der Waals surface area contributed by atoms with Crippen LogP contribution in [-0.4, -0.2) is 34.9 Å². The van der Waals surface area contributed by atoms with Crippen molar-refractivity contribution in [3.8, 4) is 0 Å². The maximum Gasteiger partial charge on any atom is 0.303 e. The van der Waals surface area contributed by atoms with Gasteiger partial charge in [-0.05, 0) is 61.7 Å². The molecule has 4 aliphatic rings. The summed E-state index contributed by atoms with van der Waals surface area (Å²) >= 11 is 0. The third-order valence-corrected chi connectivity index (χ3v) is 8.96. The van der Waals surface area contributed by atoms with Crippen molar-refractivity contribution in [1.82, 2.24) is 0 Å². The fourth-order valence-electron chi connectivity index (χ4n) is 7.24. The summed E-state index contributed by atoms with van der Waals surface area (Å²) in [4.78, 5) is 35.9. The minimum Gasteiger partial charge on any atom is -0.458 e. The summed E-state index contributed by atoms with van der Waals surface area (Å²) in [6, 6.07) is 0. The molecule has 0 radical (unpaired) electrons. The van der Waals surface area contributed by atoms with E-state index in [1.165, 1.54) is 12.5 Å². The Balaban J connectivity index is 1.61. The minimum atomic E-state index is -1.41. The molecule has 28 heavy (non-hydrogen) atoms. The molecule has 6 atom stereocenters. The van der Waals surface area contributed by atoms with E-state index in [0.717, 1.165) is 32.1 Å². The summed E-state index contributed by atoms with van der Waals surface area (Å²) in [6.45, 7) is 5.34. The highest BCUT2D eigenvalue weighted by molar-refractivity contribution is 5.91. The standard InChI is InChI=1S/C23H32O5/c1-14(24)28-13-20(26)23(27)11-8-19-17-5-4-15-12-16(25)6-9-21(15,2)18(17)7-10-22(19,23)3/h4,17-19,27H,5-13H2,1-3H3/t17-,18+,19+,21+,22+,23+/m1/s1. The van der Waals surface area contributed by atoms with Gasteiger partial charge in [-0.3, -0.25) is 14.4 Å². The molecule has 0 unspecified atom stereocenters. The first-order valence-corrected chi connectivity index (χ1v) is 10.7. The van der Waals surface area contributed by atoms with Crippen LogP contribution in [0.4, 0.5) is 0 Å². The second kappa shape index (κ2) is 6.51. The van der Waals surface area contributed by atoms with E-state index in [-0.39, 0.29) is 23.7 Å². The van der Waals surface area contributed by atoms with Crippen molar-refractivity contribution in [2.75, 3.05) is 6.61 Å². The Hall–Kier alpha value is -1.49. The number of carbonyl (C=O) groups excluding carboxylic acids is 3. The zero-order chi connectivity index (χ0) is 20.3. The molecule has 3 saturated carbocycles. The van der Waals surface area contributed by atoms with Gasteiger partial charge in [-0.25, -0.2) is 0 Å². The van der Waals surface area contributed by atoms with Crippen LogP contribution < -0.4 is 0 Å². The molecule has 4 rings (SSSR count). The Labute approximate surface area is 166 Å². The van der Waals surface area contributed by atoms with Gasteiger partial charge in [0.15, 0.2) is 6.61 Å². The topological polar surface area (TPSA) is 80.7 Å². The molecule has 0 aromatic rings. The van der Waals surface area contributed by atoms with Gasteiger partial charge in [0, 0.05) is 25.2 Å². The molecular weight excluding hydrogens is 356 g/mol. The van der Waals surface area contributed by atoms with Crippen molar-refractivity contribution in [2.45, 2.75) is 77.7 Å². The summed E-state index contributed by atoms with van der Waals surface area (Å²) in [5.41, 5.74) is -0.475. The van der Waals surface area contributed by atoms with E-state index >= 15 is 0 Å². The van der Waals surface area contributed by atoms with Crippen molar-refractivity contribution < 1.29 is 24.2 Å². The van der Waals surface area contributed by atoms with Gasteiger partial charge in [-0.2, -0.15) is 0 Å². The first-order chi connectivity index (χ1) is 13.1. The van der Waals surface area contributed by atoms with Gasteiger partial charge in [0.2, 0.25) is 5.78 Å². The molecule has 0 amide bonds. The van der Waals surface area contributed by atoms with Gasteiger partial charge in [0.25, 0.3) is 0 Å². The molecule has 5 heteroatoms. The predicted molar refractivity (Wildman–Crippen MR) is 103 cm³/mol. The maximum absolute atomic E-state index is 12.8. The Morgan fingerprint density at radius 1 is 1.18 bits per heavy atom. The average Bonchev–Trinajstić information content (AvgIpc) is 2.92. The first kappa shape index (κ1) is 19.8. The monoisotopic (exact) mass is 388 g/mol. The lowest BCUT2D eigenvalue weighted by Crippen LogP contribution is -2.58. The number of allylic oxidation sites excluding steroid dienone is 2. The highest BCUT2D eigenvalue weighted by Crippen LogP contribution is 2.67. The highest BCUT2D eigenvalue weighted by atomic mass is 16.5. The molecule has 0 aromatic carbocycles. The lowest BCUT2D eigenvalue weighted by Gasteiger charge is -2.58. The minimum absolute atomic E-state index is 0.0839. The first-order valence-electron chi connectivity index (χ1n) is 10.7. The molecule has 154 valence electrons.